The number of hydrogen-bond donors (Lipinski definition) is 1. The van der Waals surface area contributed by atoms with Gasteiger partial charge in [0, 0.05) is 24.7 Å². The lowest BCUT2D eigenvalue weighted by Crippen LogP contribution is -2.43. The molecule has 2 bridgehead atoms. The third-order valence-corrected chi connectivity index (χ3v) is 3.94. The highest BCUT2D eigenvalue weighted by molar-refractivity contribution is 5.79. The van der Waals surface area contributed by atoms with Crippen molar-refractivity contribution in [1.82, 2.24) is 15.4 Å². The largest absolute Gasteiger partial charge is 0.361 e. The molecule has 1 aromatic heterocycles. The number of fused-ring (bicyclic) bond motifs is 2. The Labute approximate surface area is 107 Å². The Morgan fingerprint density at radius 3 is 3.11 bits per heavy atom. The summed E-state index contributed by atoms with van der Waals surface area (Å²) in [6.45, 7) is 3.82. The molecule has 2 fully saturated rings. The van der Waals surface area contributed by atoms with Crippen LogP contribution in [-0.2, 0) is 11.2 Å². The monoisotopic (exact) mass is 249 g/mol. The number of amides is 1. The van der Waals surface area contributed by atoms with Crippen LogP contribution in [-0.4, -0.2) is 41.1 Å². The number of aryl methyl sites for hydroxylation is 1. The molecule has 18 heavy (non-hydrogen) atoms. The second-order valence-electron chi connectivity index (χ2n) is 5.29. The van der Waals surface area contributed by atoms with Gasteiger partial charge in [0.05, 0.1) is 12.1 Å². The quantitative estimate of drug-likeness (QED) is 0.845. The number of nitrogens with one attached hydrogen (secondary N) is 1. The summed E-state index contributed by atoms with van der Waals surface area (Å²) in [5.74, 6) is 0.858. The molecule has 2 aliphatic heterocycles. The maximum absolute atomic E-state index is 12.4. The Bertz CT molecular complexity index is 429. The van der Waals surface area contributed by atoms with Crippen molar-refractivity contribution >= 4 is 5.91 Å². The maximum Gasteiger partial charge on any atom is 0.230 e. The van der Waals surface area contributed by atoms with Gasteiger partial charge in [-0.2, -0.15) is 0 Å². The van der Waals surface area contributed by atoms with Crippen LogP contribution in [0.3, 0.4) is 0 Å². The van der Waals surface area contributed by atoms with Crippen LogP contribution in [0, 0.1) is 6.92 Å². The van der Waals surface area contributed by atoms with E-state index in [1.54, 1.807) is 0 Å². The van der Waals surface area contributed by atoms with Gasteiger partial charge in [0.25, 0.3) is 0 Å². The van der Waals surface area contributed by atoms with Crippen LogP contribution in [0.25, 0.3) is 0 Å². The van der Waals surface area contributed by atoms with Crippen molar-refractivity contribution < 1.29 is 9.32 Å². The summed E-state index contributed by atoms with van der Waals surface area (Å²) in [6.07, 6.45) is 3.68. The molecule has 2 atom stereocenters. The lowest BCUT2D eigenvalue weighted by molar-refractivity contribution is -0.133. The van der Waals surface area contributed by atoms with E-state index in [4.69, 9.17) is 4.52 Å². The smallest absolute Gasteiger partial charge is 0.230 e. The van der Waals surface area contributed by atoms with Crippen LogP contribution >= 0.6 is 0 Å². The molecule has 5 nitrogen and oxygen atoms in total. The van der Waals surface area contributed by atoms with Crippen LogP contribution < -0.4 is 5.32 Å². The van der Waals surface area contributed by atoms with Crippen LogP contribution in [0.4, 0.5) is 0 Å². The number of carbonyl (C=O) groups is 1. The van der Waals surface area contributed by atoms with E-state index in [0.29, 0.717) is 24.3 Å². The van der Waals surface area contributed by atoms with Crippen LogP contribution in [0.1, 0.15) is 30.7 Å². The number of carbonyl (C=O) groups excluding carboxylic acids is 1. The minimum atomic E-state index is 0.183. The van der Waals surface area contributed by atoms with Crippen molar-refractivity contribution in [1.29, 1.82) is 0 Å². The summed E-state index contributed by atoms with van der Waals surface area (Å²) in [5.41, 5.74) is 0.832. The first-order chi connectivity index (χ1) is 8.74. The first-order valence-corrected chi connectivity index (χ1v) is 6.68. The molecule has 0 spiro atoms. The van der Waals surface area contributed by atoms with Gasteiger partial charge >= 0.3 is 0 Å². The molecule has 0 saturated carbocycles. The summed E-state index contributed by atoms with van der Waals surface area (Å²) in [7, 11) is 0. The van der Waals surface area contributed by atoms with Gasteiger partial charge in [0.1, 0.15) is 5.76 Å². The minimum absolute atomic E-state index is 0.183. The average molecular weight is 249 g/mol. The van der Waals surface area contributed by atoms with E-state index >= 15 is 0 Å². The molecule has 2 saturated heterocycles. The van der Waals surface area contributed by atoms with E-state index < -0.39 is 0 Å². The van der Waals surface area contributed by atoms with Crippen molar-refractivity contribution in [3.8, 4) is 0 Å². The molecule has 5 heteroatoms. The predicted molar refractivity (Wildman–Crippen MR) is 66.1 cm³/mol. The molecule has 2 aliphatic rings. The van der Waals surface area contributed by atoms with Gasteiger partial charge in [-0.3, -0.25) is 4.79 Å². The van der Waals surface area contributed by atoms with E-state index in [-0.39, 0.29) is 5.91 Å². The Hall–Kier alpha value is -1.36. The number of hydrogen-bond acceptors (Lipinski definition) is 4. The molecule has 98 valence electrons. The maximum atomic E-state index is 12.4. The van der Waals surface area contributed by atoms with Crippen molar-refractivity contribution in [2.75, 3.05) is 13.1 Å². The molecular weight excluding hydrogens is 230 g/mol. The van der Waals surface area contributed by atoms with E-state index in [2.05, 4.69) is 15.4 Å². The van der Waals surface area contributed by atoms with Gasteiger partial charge in [0.2, 0.25) is 5.91 Å². The fraction of sp³-hybridized carbons (Fsp3) is 0.692. The van der Waals surface area contributed by atoms with Crippen LogP contribution in [0.15, 0.2) is 10.6 Å². The van der Waals surface area contributed by atoms with Crippen LogP contribution in [0.5, 0.6) is 0 Å². The number of nitrogens with zero attached hydrogens (tertiary/aromatic N) is 2. The summed E-state index contributed by atoms with van der Waals surface area (Å²) < 4.78 is 5.13. The summed E-state index contributed by atoms with van der Waals surface area (Å²) in [5, 5.41) is 7.23. The van der Waals surface area contributed by atoms with Crippen LogP contribution in [0.2, 0.25) is 0 Å². The summed E-state index contributed by atoms with van der Waals surface area (Å²) in [6, 6.07) is 2.63. The minimum Gasteiger partial charge on any atom is -0.361 e. The SMILES string of the molecule is Cc1cc(CC(=O)N2[C@H]3CCNC[C@@H]2CC3)on1. The van der Waals surface area contributed by atoms with Crippen molar-refractivity contribution in [3.63, 3.8) is 0 Å². The Kier molecular flexibility index (Phi) is 3.07. The van der Waals surface area contributed by atoms with Crippen molar-refractivity contribution in [3.05, 3.63) is 17.5 Å². The second-order valence-corrected chi connectivity index (χ2v) is 5.29. The van der Waals surface area contributed by atoms with E-state index in [0.717, 1.165) is 38.0 Å². The van der Waals surface area contributed by atoms with Gasteiger partial charge in [-0.15, -0.1) is 0 Å². The molecule has 0 aromatic carbocycles. The zero-order chi connectivity index (χ0) is 12.5. The number of aromatic nitrogens is 1. The van der Waals surface area contributed by atoms with Gasteiger partial charge in [-0.1, -0.05) is 5.16 Å². The molecule has 0 unspecified atom stereocenters. The van der Waals surface area contributed by atoms with E-state index in [9.17, 15) is 4.79 Å². The lowest BCUT2D eigenvalue weighted by atomic mass is 10.1. The van der Waals surface area contributed by atoms with Gasteiger partial charge in [0.15, 0.2) is 0 Å². The first kappa shape index (κ1) is 11.7. The third-order valence-electron chi connectivity index (χ3n) is 3.94. The topological polar surface area (TPSA) is 58.4 Å². The first-order valence-electron chi connectivity index (χ1n) is 6.68. The van der Waals surface area contributed by atoms with E-state index in [1.165, 1.54) is 0 Å². The summed E-state index contributed by atoms with van der Waals surface area (Å²) in [4.78, 5) is 14.5. The number of rotatable bonds is 2. The Morgan fingerprint density at radius 1 is 1.50 bits per heavy atom. The van der Waals surface area contributed by atoms with Crippen molar-refractivity contribution in [2.45, 2.75) is 44.7 Å². The zero-order valence-electron chi connectivity index (χ0n) is 10.7. The fourth-order valence-electron chi connectivity index (χ4n) is 3.13. The normalized spacial score (nSPS) is 27.3. The predicted octanol–water partition coefficient (Wildman–Crippen LogP) is 0.878. The Morgan fingerprint density at radius 2 is 2.33 bits per heavy atom. The molecule has 1 amide bonds. The zero-order valence-corrected chi connectivity index (χ0v) is 10.7. The standard InChI is InChI=1S/C13H19N3O2/c1-9-6-12(18-15-9)7-13(17)16-10-2-3-11(16)8-14-5-4-10/h6,10-11,14H,2-5,7-8H2,1H3/t10-,11+/m1/s1. The molecule has 1 N–H and O–H groups in total. The summed E-state index contributed by atoms with van der Waals surface area (Å²) >= 11 is 0. The van der Waals surface area contributed by atoms with Gasteiger partial charge in [-0.05, 0) is 32.7 Å². The Balaban J connectivity index is 1.71. The average Bonchev–Trinajstić information content (AvgIpc) is 2.81. The van der Waals surface area contributed by atoms with Gasteiger partial charge in [-0.25, -0.2) is 0 Å². The highest BCUT2D eigenvalue weighted by Gasteiger charge is 2.37. The molecule has 1 aromatic rings. The molecule has 0 aliphatic carbocycles. The third kappa shape index (κ3) is 2.14. The molecular formula is C13H19N3O2. The molecule has 0 radical (unpaired) electrons. The van der Waals surface area contributed by atoms with E-state index in [1.807, 2.05) is 13.0 Å². The highest BCUT2D eigenvalue weighted by Crippen LogP contribution is 2.28. The molecule has 3 rings (SSSR count). The van der Waals surface area contributed by atoms with Gasteiger partial charge < -0.3 is 14.7 Å². The second kappa shape index (κ2) is 4.72. The fourth-order valence-corrected chi connectivity index (χ4v) is 3.13. The highest BCUT2D eigenvalue weighted by atomic mass is 16.5. The van der Waals surface area contributed by atoms with Crippen molar-refractivity contribution in [2.24, 2.45) is 0 Å². The lowest BCUT2D eigenvalue weighted by Gasteiger charge is -2.27. The molecule has 3 heterocycles.